The van der Waals surface area contributed by atoms with Crippen molar-refractivity contribution < 1.29 is 4.79 Å². The van der Waals surface area contributed by atoms with Gasteiger partial charge in [0.05, 0.1) is 5.69 Å². The number of nitrogens with zero attached hydrogens (tertiary/aromatic N) is 2. The number of rotatable bonds is 3. The zero-order valence-electron chi connectivity index (χ0n) is 10.3. The summed E-state index contributed by atoms with van der Waals surface area (Å²) in [6.07, 6.45) is 1.51. The Kier molecular flexibility index (Phi) is 3.52. The number of hydrazone groups is 1. The van der Waals surface area contributed by atoms with Crippen LogP contribution < -0.4 is 5.43 Å². The number of aromatic amines is 1. The molecule has 1 heterocycles. The highest BCUT2D eigenvalue weighted by Gasteiger charge is 2.09. The lowest BCUT2D eigenvalue weighted by Crippen LogP contribution is -2.17. The predicted molar refractivity (Wildman–Crippen MR) is 70.4 cm³/mol. The molecule has 2 rings (SSSR count). The van der Waals surface area contributed by atoms with E-state index in [1.807, 2.05) is 31.2 Å². The molecule has 1 aromatic heterocycles. The predicted octanol–water partition coefficient (Wildman–Crippen LogP) is 2.12. The third kappa shape index (κ3) is 2.63. The van der Waals surface area contributed by atoms with Gasteiger partial charge in [-0.05, 0) is 19.9 Å². The molecular weight excluding hydrogens is 228 g/mol. The summed E-state index contributed by atoms with van der Waals surface area (Å²) < 4.78 is 0. The van der Waals surface area contributed by atoms with Crippen LogP contribution in [0.25, 0.3) is 11.3 Å². The van der Waals surface area contributed by atoms with Crippen LogP contribution in [0.15, 0.2) is 35.4 Å². The Bertz CT molecular complexity index is 569. The zero-order valence-corrected chi connectivity index (χ0v) is 10.3. The number of hydrogen-bond donors (Lipinski definition) is 2. The molecule has 0 aliphatic carbocycles. The van der Waals surface area contributed by atoms with E-state index in [1.165, 1.54) is 11.8 Å². The maximum Gasteiger partial charge on any atom is 0.289 e. The molecule has 0 fully saturated rings. The molecule has 0 aliphatic heterocycles. The van der Waals surface area contributed by atoms with Gasteiger partial charge in [0.2, 0.25) is 0 Å². The summed E-state index contributed by atoms with van der Waals surface area (Å²) in [4.78, 5) is 11.6. The largest absolute Gasteiger partial charge is 0.289 e. The number of amides is 1. The molecule has 0 atom stereocenters. The van der Waals surface area contributed by atoms with Gasteiger partial charge in [0.25, 0.3) is 5.91 Å². The minimum atomic E-state index is -0.307. The second kappa shape index (κ2) is 5.27. The van der Waals surface area contributed by atoms with Crippen molar-refractivity contribution in [2.45, 2.75) is 13.8 Å². The van der Waals surface area contributed by atoms with Gasteiger partial charge in [-0.2, -0.15) is 10.2 Å². The van der Waals surface area contributed by atoms with Crippen LogP contribution in [-0.4, -0.2) is 22.3 Å². The maximum absolute atomic E-state index is 11.6. The summed E-state index contributed by atoms with van der Waals surface area (Å²) in [5.74, 6) is -0.307. The Morgan fingerprint density at radius 1 is 1.39 bits per heavy atom. The Morgan fingerprint density at radius 3 is 2.78 bits per heavy atom. The molecule has 0 aliphatic rings. The van der Waals surface area contributed by atoms with Gasteiger partial charge in [0, 0.05) is 11.8 Å². The van der Waals surface area contributed by atoms with Crippen molar-refractivity contribution in [3.05, 3.63) is 41.6 Å². The average molecular weight is 242 g/mol. The third-order valence-corrected chi connectivity index (χ3v) is 2.47. The number of aromatic nitrogens is 2. The second-order valence-electron chi connectivity index (χ2n) is 3.86. The molecule has 2 aromatic rings. The van der Waals surface area contributed by atoms with Crippen LogP contribution in [0.3, 0.4) is 0 Å². The molecule has 5 nitrogen and oxygen atoms in total. The Hall–Kier alpha value is -2.43. The van der Waals surface area contributed by atoms with Gasteiger partial charge in [-0.3, -0.25) is 9.89 Å². The van der Waals surface area contributed by atoms with Gasteiger partial charge >= 0.3 is 0 Å². The standard InChI is InChI=1S/C13H14N4O/c1-3-14-17-13(18)12-8-11(15-16-12)10-6-4-9(2)5-7-10/h3-8H,1-2H3,(H,15,16)(H,17,18)/b14-3-. The molecule has 1 amide bonds. The normalized spacial score (nSPS) is 10.8. The molecule has 0 spiro atoms. The first kappa shape index (κ1) is 12.0. The average Bonchev–Trinajstić information content (AvgIpc) is 2.86. The van der Waals surface area contributed by atoms with Gasteiger partial charge in [-0.25, -0.2) is 5.43 Å². The van der Waals surface area contributed by atoms with E-state index in [1.54, 1.807) is 13.0 Å². The maximum atomic E-state index is 11.6. The fourth-order valence-corrected chi connectivity index (χ4v) is 1.49. The SMILES string of the molecule is C/C=N\NC(=O)c1cc(-c2ccc(C)cc2)n[nH]1. The number of benzene rings is 1. The molecule has 2 N–H and O–H groups in total. The third-order valence-electron chi connectivity index (χ3n) is 2.47. The smallest absolute Gasteiger partial charge is 0.272 e. The number of H-pyrrole nitrogens is 1. The van der Waals surface area contributed by atoms with Gasteiger partial charge in [-0.15, -0.1) is 0 Å². The van der Waals surface area contributed by atoms with Crippen LogP contribution >= 0.6 is 0 Å². The van der Waals surface area contributed by atoms with Crippen molar-refractivity contribution in [3.63, 3.8) is 0 Å². The fraction of sp³-hybridized carbons (Fsp3) is 0.154. The van der Waals surface area contributed by atoms with E-state index in [0.29, 0.717) is 5.69 Å². The van der Waals surface area contributed by atoms with Crippen LogP contribution in [0, 0.1) is 6.92 Å². The molecule has 0 saturated carbocycles. The van der Waals surface area contributed by atoms with Gasteiger partial charge in [0.1, 0.15) is 5.69 Å². The second-order valence-corrected chi connectivity index (χ2v) is 3.86. The summed E-state index contributed by atoms with van der Waals surface area (Å²) in [5.41, 5.74) is 5.66. The van der Waals surface area contributed by atoms with Crippen LogP contribution in [0.1, 0.15) is 23.0 Å². The van der Waals surface area contributed by atoms with Crippen LogP contribution in [0.5, 0.6) is 0 Å². The van der Waals surface area contributed by atoms with E-state index >= 15 is 0 Å². The topological polar surface area (TPSA) is 70.1 Å². The number of carbonyl (C=O) groups is 1. The zero-order chi connectivity index (χ0) is 13.0. The first-order valence-electron chi connectivity index (χ1n) is 5.61. The van der Waals surface area contributed by atoms with Crippen LogP contribution in [0.2, 0.25) is 0 Å². The summed E-state index contributed by atoms with van der Waals surface area (Å²) in [5, 5.41) is 10.5. The summed E-state index contributed by atoms with van der Waals surface area (Å²) in [6.45, 7) is 3.75. The fourth-order valence-electron chi connectivity index (χ4n) is 1.49. The van der Waals surface area contributed by atoms with Crippen molar-refractivity contribution in [2.75, 3.05) is 0 Å². The van der Waals surface area contributed by atoms with Gasteiger partial charge in [-0.1, -0.05) is 29.8 Å². The highest BCUT2D eigenvalue weighted by molar-refractivity contribution is 5.93. The van der Waals surface area contributed by atoms with Gasteiger partial charge in [0.15, 0.2) is 0 Å². The van der Waals surface area contributed by atoms with Gasteiger partial charge < -0.3 is 0 Å². The Balaban J connectivity index is 2.20. The number of carbonyl (C=O) groups excluding carboxylic acids is 1. The van der Waals surface area contributed by atoms with E-state index in [9.17, 15) is 4.79 Å². The lowest BCUT2D eigenvalue weighted by molar-refractivity contribution is 0.0950. The van der Waals surface area contributed by atoms with E-state index in [0.717, 1.165) is 11.3 Å². The quantitative estimate of drug-likeness (QED) is 0.639. The van der Waals surface area contributed by atoms with Crippen molar-refractivity contribution >= 4 is 12.1 Å². The Labute approximate surface area is 105 Å². The number of hydrogen-bond acceptors (Lipinski definition) is 3. The minimum Gasteiger partial charge on any atom is -0.272 e. The van der Waals surface area contributed by atoms with Crippen molar-refractivity contribution in [1.82, 2.24) is 15.6 Å². The highest BCUT2D eigenvalue weighted by atomic mass is 16.2. The van der Waals surface area contributed by atoms with E-state index in [4.69, 9.17) is 0 Å². The monoisotopic (exact) mass is 242 g/mol. The van der Waals surface area contributed by atoms with E-state index in [2.05, 4.69) is 20.7 Å². The highest BCUT2D eigenvalue weighted by Crippen LogP contribution is 2.17. The lowest BCUT2D eigenvalue weighted by Gasteiger charge is -1.96. The first-order chi connectivity index (χ1) is 8.70. The first-order valence-corrected chi connectivity index (χ1v) is 5.61. The van der Waals surface area contributed by atoms with Crippen LogP contribution in [-0.2, 0) is 0 Å². The van der Waals surface area contributed by atoms with Crippen molar-refractivity contribution in [1.29, 1.82) is 0 Å². The van der Waals surface area contributed by atoms with E-state index in [-0.39, 0.29) is 5.91 Å². The van der Waals surface area contributed by atoms with Crippen LogP contribution in [0.4, 0.5) is 0 Å². The molecule has 5 heteroatoms. The molecule has 92 valence electrons. The molecule has 0 unspecified atom stereocenters. The molecule has 1 aromatic carbocycles. The number of nitrogens with one attached hydrogen (secondary N) is 2. The molecule has 0 radical (unpaired) electrons. The molecule has 0 bridgehead atoms. The number of aryl methyl sites for hydroxylation is 1. The molecule has 0 saturated heterocycles. The molecular formula is C13H14N4O. The Morgan fingerprint density at radius 2 is 2.11 bits per heavy atom. The van der Waals surface area contributed by atoms with Crippen molar-refractivity contribution in [2.24, 2.45) is 5.10 Å². The van der Waals surface area contributed by atoms with E-state index < -0.39 is 0 Å². The molecule has 18 heavy (non-hydrogen) atoms. The van der Waals surface area contributed by atoms with Crippen molar-refractivity contribution in [3.8, 4) is 11.3 Å². The summed E-state index contributed by atoms with van der Waals surface area (Å²) in [7, 11) is 0. The lowest BCUT2D eigenvalue weighted by atomic mass is 10.1. The summed E-state index contributed by atoms with van der Waals surface area (Å²) >= 11 is 0. The minimum absolute atomic E-state index is 0.307. The summed E-state index contributed by atoms with van der Waals surface area (Å²) in [6, 6.07) is 9.65.